The Hall–Kier alpha value is -1.41. The van der Waals surface area contributed by atoms with Gasteiger partial charge in [0, 0.05) is 6.42 Å². The molecule has 0 fully saturated rings. The zero-order valence-electron chi connectivity index (χ0n) is 17.4. The number of rotatable bonds is 10. The fourth-order valence-corrected chi connectivity index (χ4v) is 5.28. The Morgan fingerprint density at radius 1 is 1.00 bits per heavy atom. The van der Waals surface area contributed by atoms with E-state index in [1.54, 1.807) is 0 Å². The van der Waals surface area contributed by atoms with Crippen LogP contribution in [-0.2, 0) is 28.6 Å². The molecular weight excluding hydrogens is 408 g/mol. The van der Waals surface area contributed by atoms with Gasteiger partial charge in [-0.15, -0.1) is 0 Å². The second-order valence-electron chi connectivity index (χ2n) is 7.99. The average molecular weight is 447 g/mol. The first-order valence-corrected chi connectivity index (χ1v) is 12.4. The van der Waals surface area contributed by atoms with Crippen LogP contribution in [0.3, 0.4) is 0 Å². The SMILES string of the molecule is C.CCCCCCCCCCCC1CCCC(=O)C2=C(O)C(COS1(=O)=O)OC2=O. The lowest BCUT2D eigenvalue weighted by atomic mass is 10.0. The van der Waals surface area contributed by atoms with Gasteiger partial charge in [-0.1, -0.05) is 72.1 Å². The maximum absolute atomic E-state index is 12.6. The third-order valence-corrected chi connectivity index (χ3v) is 7.40. The van der Waals surface area contributed by atoms with E-state index < -0.39 is 45.6 Å². The maximum Gasteiger partial charge on any atom is 0.346 e. The average Bonchev–Trinajstić information content (AvgIpc) is 2.95. The molecule has 30 heavy (non-hydrogen) atoms. The molecule has 0 aromatic carbocycles. The number of aliphatic hydroxyl groups is 1. The fourth-order valence-electron chi connectivity index (χ4n) is 3.86. The number of hydrogen-bond donors (Lipinski definition) is 1. The summed E-state index contributed by atoms with van der Waals surface area (Å²) in [5, 5.41) is 9.35. The number of unbranched alkanes of at least 4 members (excludes halogenated alkanes) is 8. The zero-order chi connectivity index (χ0) is 21.3. The van der Waals surface area contributed by atoms with Gasteiger partial charge < -0.3 is 9.84 Å². The molecule has 0 saturated carbocycles. The van der Waals surface area contributed by atoms with Gasteiger partial charge in [0.2, 0.25) is 0 Å². The number of hydrogen-bond acceptors (Lipinski definition) is 7. The Balaban J connectivity index is 0.00000450. The van der Waals surface area contributed by atoms with Crippen molar-refractivity contribution in [1.82, 2.24) is 0 Å². The molecular formula is C22H38O7S. The van der Waals surface area contributed by atoms with Crippen LogP contribution in [0.2, 0.25) is 0 Å². The van der Waals surface area contributed by atoms with Crippen LogP contribution < -0.4 is 0 Å². The minimum absolute atomic E-state index is 0. The van der Waals surface area contributed by atoms with Crippen LogP contribution in [0.4, 0.5) is 0 Å². The third-order valence-electron chi connectivity index (χ3n) is 5.64. The Bertz CT molecular complexity index is 696. The normalized spacial score (nSPS) is 24.2. The standard InChI is InChI=1S/C21H34O7S.CH4/c1-2-3-4-5-6-7-8-9-10-12-16-13-11-14-17(22)19-20(23)18(28-21(19)24)15-27-29(16,25)26;/h16,18,23H,2-15H2,1H3;1H4. The van der Waals surface area contributed by atoms with Crippen molar-refractivity contribution in [2.75, 3.05) is 6.61 Å². The molecule has 0 aromatic heterocycles. The van der Waals surface area contributed by atoms with Crippen molar-refractivity contribution in [2.24, 2.45) is 0 Å². The summed E-state index contributed by atoms with van der Waals surface area (Å²) in [6.07, 6.45) is 10.2. The number of carbonyl (C=O) groups excluding carboxylic acids is 2. The Labute approximate surface area is 181 Å². The van der Waals surface area contributed by atoms with Crippen LogP contribution in [-0.4, -0.2) is 43.2 Å². The van der Waals surface area contributed by atoms with E-state index in [-0.39, 0.29) is 19.4 Å². The molecule has 2 unspecified atom stereocenters. The second kappa shape index (κ2) is 13.1. The lowest BCUT2D eigenvalue weighted by molar-refractivity contribution is -0.142. The number of ether oxygens (including phenoxy) is 1. The molecule has 174 valence electrons. The van der Waals surface area contributed by atoms with E-state index in [4.69, 9.17) is 8.92 Å². The van der Waals surface area contributed by atoms with Crippen molar-refractivity contribution in [3.63, 3.8) is 0 Å². The van der Waals surface area contributed by atoms with Gasteiger partial charge in [-0.3, -0.25) is 8.98 Å². The van der Waals surface area contributed by atoms with Crippen LogP contribution >= 0.6 is 0 Å². The highest BCUT2D eigenvalue weighted by molar-refractivity contribution is 7.87. The molecule has 2 rings (SSSR count). The van der Waals surface area contributed by atoms with Crippen LogP contribution in [0.5, 0.6) is 0 Å². The van der Waals surface area contributed by atoms with Crippen LogP contribution in [0.25, 0.3) is 0 Å². The van der Waals surface area contributed by atoms with Gasteiger partial charge in [-0.2, -0.15) is 8.42 Å². The predicted molar refractivity (Wildman–Crippen MR) is 116 cm³/mol. The van der Waals surface area contributed by atoms with Crippen molar-refractivity contribution in [2.45, 2.75) is 109 Å². The molecule has 0 radical (unpaired) electrons. The summed E-state index contributed by atoms with van der Waals surface area (Å²) in [4.78, 5) is 24.0. The molecule has 7 nitrogen and oxygen atoms in total. The first-order valence-electron chi connectivity index (χ1n) is 10.9. The molecule has 0 aromatic rings. The first-order chi connectivity index (χ1) is 13.9. The molecule has 1 N–H and O–H groups in total. The van der Waals surface area contributed by atoms with Crippen LogP contribution in [0.15, 0.2) is 11.3 Å². The first kappa shape index (κ1) is 26.6. The van der Waals surface area contributed by atoms with Gasteiger partial charge in [-0.25, -0.2) is 4.79 Å². The van der Waals surface area contributed by atoms with Gasteiger partial charge in [0.1, 0.15) is 12.2 Å². The minimum Gasteiger partial charge on any atom is -0.507 e. The number of carbonyl (C=O) groups is 2. The van der Waals surface area contributed by atoms with Gasteiger partial charge in [-0.05, 0) is 19.3 Å². The van der Waals surface area contributed by atoms with Crippen molar-refractivity contribution >= 4 is 21.9 Å². The molecule has 2 aliphatic rings. The molecule has 2 atom stereocenters. The molecule has 2 heterocycles. The molecule has 0 aliphatic carbocycles. The van der Waals surface area contributed by atoms with Gasteiger partial charge in [0.15, 0.2) is 17.6 Å². The highest BCUT2D eigenvalue weighted by atomic mass is 32.2. The quantitative estimate of drug-likeness (QED) is 0.223. The van der Waals surface area contributed by atoms with Crippen molar-refractivity contribution in [3.8, 4) is 0 Å². The van der Waals surface area contributed by atoms with E-state index in [2.05, 4.69) is 6.92 Å². The minimum atomic E-state index is -3.87. The summed E-state index contributed by atoms with van der Waals surface area (Å²) in [7, 11) is -3.87. The molecule has 2 aliphatic heterocycles. The fraction of sp³-hybridized carbons (Fsp3) is 0.818. The van der Waals surface area contributed by atoms with Crippen molar-refractivity contribution < 1.29 is 32.0 Å². The van der Waals surface area contributed by atoms with Gasteiger partial charge in [0.05, 0.1) is 5.25 Å². The highest BCUT2D eigenvalue weighted by Crippen LogP contribution is 2.28. The van der Waals surface area contributed by atoms with Crippen molar-refractivity contribution in [3.05, 3.63) is 11.3 Å². The van der Waals surface area contributed by atoms with E-state index in [0.29, 0.717) is 19.3 Å². The molecule has 0 saturated heterocycles. The summed E-state index contributed by atoms with van der Waals surface area (Å²) >= 11 is 0. The molecule has 0 spiro atoms. The topological polar surface area (TPSA) is 107 Å². The summed E-state index contributed by atoms with van der Waals surface area (Å²) < 4.78 is 35.2. The number of aliphatic hydroxyl groups excluding tert-OH is 1. The number of fused-ring (bicyclic) bond motifs is 1. The molecule has 0 amide bonds. The number of Topliss-reactive ketones (excluding diaryl/α,β-unsaturated/α-hetero) is 1. The second-order valence-corrected chi connectivity index (χ2v) is 9.87. The largest absolute Gasteiger partial charge is 0.507 e. The smallest absolute Gasteiger partial charge is 0.346 e. The monoisotopic (exact) mass is 446 g/mol. The Kier molecular flexibility index (Phi) is 11.6. The van der Waals surface area contributed by atoms with E-state index in [9.17, 15) is 23.1 Å². The number of ketones is 1. The molecule has 2 bridgehead atoms. The highest BCUT2D eigenvalue weighted by Gasteiger charge is 2.40. The van der Waals surface area contributed by atoms with Crippen LogP contribution in [0, 0.1) is 0 Å². The Morgan fingerprint density at radius 2 is 1.60 bits per heavy atom. The van der Waals surface area contributed by atoms with E-state index in [1.807, 2.05) is 0 Å². The Morgan fingerprint density at radius 3 is 2.23 bits per heavy atom. The third kappa shape index (κ3) is 7.69. The lowest BCUT2D eigenvalue weighted by Gasteiger charge is -2.18. The summed E-state index contributed by atoms with van der Waals surface area (Å²) in [6, 6.07) is 0. The summed E-state index contributed by atoms with van der Waals surface area (Å²) in [5.41, 5.74) is -0.367. The number of esters is 1. The lowest BCUT2D eigenvalue weighted by Crippen LogP contribution is -2.28. The van der Waals surface area contributed by atoms with E-state index >= 15 is 0 Å². The van der Waals surface area contributed by atoms with E-state index in [1.165, 1.54) is 38.5 Å². The maximum atomic E-state index is 12.6. The van der Waals surface area contributed by atoms with Gasteiger partial charge >= 0.3 is 5.97 Å². The summed E-state index contributed by atoms with van der Waals surface area (Å²) in [5.74, 6) is -1.94. The molecule has 8 heteroatoms. The summed E-state index contributed by atoms with van der Waals surface area (Å²) in [6.45, 7) is 1.70. The van der Waals surface area contributed by atoms with Crippen LogP contribution in [0.1, 0.15) is 97.8 Å². The predicted octanol–water partition coefficient (Wildman–Crippen LogP) is 4.75. The van der Waals surface area contributed by atoms with Gasteiger partial charge in [0.25, 0.3) is 10.1 Å². The zero-order valence-corrected chi connectivity index (χ0v) is 18.2. The van der Waals surface area contributed by atoms with Crippen molar-refractivity contribution in [1.29, 1.82) is 0 Å². The van der Waals surface area contributed by atoms with E-state index in [0.717, 1.165) is 19.3 Å².